The predicted octanol–water partition coefficient (Wildman–Crippen LogP) is 8.34. The third-order valence-corrected chi connectivity index (χ3v) is 18.6. The lowest BCUT2D eigenvalue weighted by Crippen LogP contribution is -2.53. The summed E-state index contributed by atoms with van der Waals surface area (Å²) in [5, 5.41) is 17.7. The highest BCUT2D eigenvalue weighted by Crippen LogP contribution is 2.50. The number of urea groups is 1. The minimum atomic E-state index is -1.66. The molecule has 0 aromatic heterocycles. The Kier molecular flexibility index (Phi) is 24.8. The summed E-state index contributed by atoms with van der Waals surface area (Å²) < 4.78 is 35.6. The lowest BCUT2D eigenvalue weighted by Gasteiger charge is -2.41. The number of anilines is 1. The Morgan fingerprint density at radius 1 is 1.01 bits per heavy atom. The predicted molar refractivity (Wildman–Crippen MR) is 334 cm³/mol. The normalized spacial score (nSPS) is 25.1. The molecule has 0 radical (unpaired) electrons. The van der Waals surface area contributed by atoms with Crippen molar-refractivity contribution < 1.29 is 76.7 Å². The topological polar surface area (TPSA) is 289 Å². The van der Waals surface area contributed by atoms with Crippen LogP contribution < -0.4 is 26.0 Å². The number of aryl methyl sites for hydroxylation is 1. The molecule has 1 aliphatic carbocycles. The molecule has 1 saturated carbocycles. The molecule has 4 bridgehead atoms. The Morgan fingerprint density at radius 3 is 2.35 bits per heavy atom. The van der Waals surface area contributed by atoms with E-state index < -0.39 is 107 Å². The van der Waals surface area contributed by atoms with Gasteiger partial charge in [-0.25, -0.2) is 9.59 Å². The summed E-state index contributed by atoms with van der Waals surface area (Å²) in [6.45, 7) is 16.2. The third-order valence-electron chi connectivity index (χ3n) is 18.2. The number of rotatable bonds is 25. The molecule has 3 fully saturated rings. The highest BCUT2D eigenvalue weighted by molar-refractivity contribution is 6.35. The summed E-state index contributed by atoms with van der Waals surface area (Å²) in [6, 6.07) is 5.33. The van der Waals surface area contributed by atoms with Crippen LogP contribution in [0.2, 0.25) is 5.02 Å². The van der Waals surface area contributed by atoms with Gasteiger partial charge in [0.05, 0.1) is 43.7 Å². The first-order chi connectivity index (χ1) is 41.8. The number of nitrogens with two attached hydrogens (primary N) is 1. The molecule has 3 aliphatic heterocycles. The first-order valence-corrected chi connectivity index (χ1v) is 31.5. The average molecular weight is 1260 g/mol. The van der Waals surface area contributed by atoms with Crippen molar-refractivity contribution in [2.75, 3.05) is 39.8 Å². The number of Topliss-reactive ketones (excluding diaryl/α,β-unsaturated/α-hetero) is 2. The number of ether oxygens (including phenoxy) is 6. The first-order valence-electron chi connectivity index (χ1n) is 31.1. The number of aliphatic hydroxyl groups is 1. The number of hydrogen-bond acceptors (Lipinski definition) is 16. The summed E-state index contributed by atoms with van der Waals surface area (Å²) in [5.41, 5.74) is 4.97. The van der Waals surface area contributed by atoms with Crippen molar-refractivity contribution in [1.82, 2.24) is 15.5 Å². The average Bonchev–Trinajstić information content (AvgIpc) is 2.48. The van der Waals surface area contributed by atoms with Crippen LogP contribution in [-0.4, -0.2) is 151 Å². The molecule has 5 amide bonds. The maximum atomic E-state index is 14.6. The molecule has 10 atom stereocenters. The van der Waals surface area contributed by atoms with Gasteiger partial charge in [0, 0.05) is 70.8 Å². The van der Waals surface area contributed by atoms with Gasteiger partial charge in [-0.1, -0.05) is 68.7 Å². The van der Waals surface area contributed by atoms with Crippen LogP contribution in [0.25, 0.3) is 0 Å². The quantitative estimate of drug-likeness (QED) is 0.0314. The second-order valence-electron chi connectivity index (χ2n) is 26.0. The standard InChI is InChI=1S/C67H94ClN5O16/c1-38(2)48(34-47(74)22-14-15-27-65(7,8)89-63(81)44-20-17-21-44)60(78)71-49(23-18-28-70-64(69)82)51(75)33-45-25-26-46(30-40(45)4)61(79)72(10)42(6)62(80)87-55-35-56(76)73(11)50-31-43(32-52(84-12)58(50)68)29-39(3)19-16-24-54(85-13)67(83)36-53(86-57(77)37-67)41(5)59-66(55,9)88-59/h16,19,24-26,30-32,38,41-42,44,48-49,53-55,59,83H,14-15,17-18,20-23,27-29,33-37H2,1-13H3,(H,71,78)(H3,69,70,82)/b24-16+,39-19+/t41-,42+,48+,49+,53+,54-,55+,59+,66+,67-/m1/s1. The molecule has 21 nitrogen and oxygen atoms in total. The molecule has 4 aliphatic rings. The smallest absolute Gasteiger partial charge is 0.328 e. The fourth-order valence-corrected chi connectivity index (χ4v) is 12.3. The minimum Gasteiger partial charge on any atom is -0.495 e. The maximum absolute atomic E-state index is 14.6. The zero-order chi connectivity index (χ0) is 65.9. The fraction of sp³-hybridized carbons (Fsp3) is 0.627. The summed E-state index contributed by atoms with van der Waals surface area (Å²) in [7, 11) is 5.89. The molecule has 22 heteroatoms. The van der Waals surface area contributed by atoms with Crippen LogP contribution in [0.4, 0.5) is 10.5 Å². The number of amides is 5. The molecule has 0 spiro atoms. The van der Waals surface area contributed by atoms with Crippen LogP contribution in [-0.2, 0) is 70.1 Å². The molecule has 2 aromatic rings. The van der Waals surface area contributed by atoms with Gasteiger partial charge < -0.3 is 59.7 Å². The number of carbonyl (C=O) groups is 9. The second kappa shape index (κ2) is 30.9. The van der Waals surface area contributed by atoms with E-state index in [0.29, 0.717) is 54.7 Å². The zero-order valence-electron chi connectivity index (χ0n) is 54.1. The van der Waals surface area contributed by atoms with Crippen molar-refractivity contribution in [1.29, 1.82) is 0 Å². The summed E-state index contributed by atoms with van der Waals surface area (Å²) in [4.78, 5) is 125. The number of primary amides is 1. The molecule has 6 rings (SSSR count). The summed E-state index contributed by atoms with van der Waals surface area (Å²) in [5.74, 6) is -4.90. The van der Waals surface area contributed by atoms with Crippen LogP contribution >= 0.6 is 11.6 Å². The number of benzene rings is 2. The van der Waals surface area contributed by atoms with Gasteiger partial charge in [-0.2, -0.15) is 0 Å². The van der Waals surface area contributed by atoms with Crippen LogP contribution in [0.3, 0.4) is 0 Å². The van der Waals surface area contributed by atoms with Crippen LogP contribution in [0.15, 0.2) is 54.1 Å². The van der Waals surface area contributed by atoms with Gasteiger partial charge in [-0.3, -0.25) is 33.6 Å². The highest BCUT2D eigenvalue weighted by atomic mass is 35.5. The first kappa shape index (κ1) is 71.4. The molecule has 490 valence electrons. The number of halogens is 1. The van der Waals surface area contributed by atoms with E-state index >= 15 is 0 Å². The van der Waals surface area contributed by atoms with Gasteiger partial charge in [0.1, 0.15) is 57.7 Å². The Labute approximate surface area is 528 Å². The van der Waals surface area contributed by atoms with Crippen molar-refractivity contribution >= 4 is 70.5 Å². The molecule has 2 aromatic carbocycles. The van der Waals surface area contributed by atoms with E-state index in [4.69, 9.17) is 45.8 Å². The zero-order valence-corrected chi connectivity index (χ0v) is 54.9. The number of epoxide rings is 1. The number of unbranched alkanes of at least 4 members (excludes halogenated alkanes) is 1. The number of carbonyl (C=O) groups excluding carboxylic acids is 9. The van der Waals surface area contributed by atoms with Gasteiger partial charge in [0.2, 0.25) is 11.8 Å². The largest absolute Gasteiger partial charge is 0.495 e. The number of esters is 3. The molecular weight excluding hydrogens is 1170 g/mol. The molecule has 3 heterocycles. The number of nitrogens with zero attached hydrogens (tertiary/aromatic N) is 2. The number of fused-ring (bicyclic) bond motifs is 5. The van der Waals surface area contributed by atoms with Crippen LogP contribution in [0.1, 0.15) is 166 Å². The lowest BCUT2D eigenvalue weighted by molar-refractivity contribution is -0.187. The monoisotopic (exact) mass is 1260 g/mol. The SMILES string of the molecule is COc1cc2cc(c1Cl)N(C)C(=O)C[C@H](OC(=O)[C@H](C)N(C)C(=O)c1ccc(CC(=O)[C@H](CCCNC(N)=O)NC(=O)[C@@H](CC(=O)CCCCC(C)(C)OC(=O)C3CCC3)C(C)C)c(C)c1)[C@]1(C)O[C@H]1[C@H](C)[C@@H]1C[C@@](O)(CC(=O)O1)[C@H](OC)/C=C/C=C(\C)C2. The van der Waals surface area contributed by atoms with E-state index in [0.717, 1.165) is 30.4 Å². The van der Waals surface area contributed by atoms with E-state index in [1.165, 1.54) is 44.1 Å². The maximum Gasteiger partial charge on any atom is 0.328 e. The number of allylic oxidation sites excluding steroid dienone is 3. The van der Waals surface area contributed by atoms with E-state index in [1.54, 1.807) is 64.2 Å². The van der Waals surface area contributed by atoms with Crippen LogP contribution in [0.5, 0.6) is 5.75 Å². The van der Waals surface area contributed by atoms with Crippen molar-refractivity contribution in [3.05, 3.63) is 81.4 Å². The molecular formula is C67H94ClN5O16. The van der Waals surface area contributed by atoms with Gasteiger partial charge in [-0.05, 0) is 140 Å². The van der Waals surface area contributed by atoms with E-state index in [1.807, 2.05) is 40.7 Å². The van der Waals surface area contributed by atoms with Crippen molar-refractivity contribution in [2.45, 2.75) is 212 Å². The van der Waals surface area contributed by atoms with E-state index in [2.05, 4.69) is 10.6 Å². The van der Waals surface area contributed by atoms with Crippen molar-refractivity contribution in [2.24, 2.45) is 29.4 Å². The second-order valence-corrected chi connectivity index (χ2v) is 26.4. The summed E-state index contributed by atoms with van der Waals surface area (Å²) in [6.07, 6.45) is 6.23. The number of hydrogen-bond donors (Lipinski definition) is 4. The number of likely N-dealkylation sites (N-methyl/N-ethyl adjacent to an activating group) is 1. The molecule has 2 saturated heterocycles. The molecule has 89 heavy (non-hydrogen) atoms. The van der Waals surface area contributed by atoms with Crippen molar-refractivity contribution in [3.63, 3.8) is 0 Å². The Morgan fingerprint density at radius 2 is 1.72 bits per heavy atom. The number of nitrogens with one attached hydrogen (secondary N) is 2. The Bertz CT molecular complexity index is 3010. The minimum absolute atomic E-state index is 0.0114. The Hall–Kier alpha value is -6.68. The van der Waals surface area contributed by atoms with Gasteiger partial charge in [0.15, 0.2) is 5.78 Å². The fourth-order valence-electron chi connectivity index (χ4n) is 12.0. The van der Waals surface area contributed by atoms with Gasteiger partial charge in [0.25, 0.3) is 5.91 Å². The Balaban J connectivity index is 1.15. The number of ketones is 2. The van der Waals surface area contributed by atoms with E-state index in [-0.39, 0.29) is 85.0 Å². The van der Waals surface area contributed by atoms with Crippen molar-refractivity contribution in [3.8, 4) is 5.75 Å². The highest BCUT2D eigenvalue weighted by Gasteiger charge is 2.64. The van der Waals surface area contributed by atoms with E-state index in [9.17, 15) is 48.3 Å². The molecule has 5 N–H and O–H groups in total. The summed E-state index contributed by atoms with van der Waals surface area (Å²) >= 11 is 6.87. The van der Waals surface area contributed by atoms with Gasteiger partial charge in [-0.15, -0.1) is 0 Å². The lowest BCUT2D eigenvalue weighted by atomic mass is 9.78. The third kappa shape index (κ3) is 18.7. The number of methoxy groups -OCH3 is 2. The molecule has 0 unspecified atom stereocenters. The van der Waals surface area contributed by atoms with Crippen LogP contribution in [0, 0.1) is 30.6 Å². The van der Waals surface area contributed by atoms with Gasteiger partial charge >= 0.3 is 23.9 Å².